The molecule has 164 valence electrons. The van der Waals surface area contributed by atoms with E-state index in [-0.39, 0.29) is 5.78 Å². The molecule has 0 aliphatic carbocycles. The first-order valence-corrected chi connectivity index (χ1v) is 11.8. The Morgan fingerprint density at radius 1 is 0.806 bits per heavy atom. The van der Waals surface area contributed by atoms with Crippen LogP contribution in [0.4, 0.5) is 11.4 Å². The summed E-state index contributed by atoms with van der Waals surface area (Å²) in [4.78, 5) is 22.6. The summed E-state index contributed by atoms with van der Waals surface area (Å²) in [7, 11) is 4.31. The van der Waals surface area contributed by atoms with Crippen molar-refractivity contribution in [1.82, 2.24) is 9.80 Å². The van der Waals surface area contributed by atoms with Crippen LogP contribution >= 0.6 is 15.9 Å². The molecule has 0 atom stereocenters. The molecule has 0 radical (unpaired) electrons. The van der Waals surface area contributed by atoms with Gasteiger partial charge in [0.25, 0.3) is 0 Å². The molecule has 0 aromatic heterocycles. The predicted molar refractivity (Wildman–Crippen MR) is 133 cm³/mol. The molecule has 2 aromatic rings. The Morgan fingerprint density at radius 2 is 1.39 bits per heavy atom. The predicted octanol–water partition coefficient (Wildman–Crippen LogP) is 3.85. The Morgan fingerprint density at radius 3 is 2.03 bits per heavy atom. The topological polar surface area (TPSA) is 30.0 Å². The Balaban J connectivity index is 1.56. The minimum absolute atomic E-state index is 0.0545. The quantitative estimate of drug-likeness (QED) is 0.476. The highest BCUT2D eigenvalue weighted by molar-refractivity contribution is 9.10. The van der Waals surface area contributed by atoms with Gasteiger partial charge in [-0.1, -0.05) is 28.1 Å². The number of rotatable bonds is 5. The van der Waals surface area contributed by atoms with Crippen molar-refractivity contribution in [2.75, 3.05) is 76.3 Å². The van der Waals surface area contributed by atoms with E-state index in [4.69, 9.17) is 0 Å². The van der Waals surface area contributed by atoms with Crippen LogP contribution in [0.15, 0.2) is 53.0 Å². The lowest BCUT2D eigenvalue weighted by Crippen LogP contribution is -2.45. The standard InChI is InChI=1S/C25H31BrN4O/c1-27-11-15-29(16-12-27)23-9-8-21(26)19-20(23)7-10-25(31)22-5-3-4-6-24(22)30-17-13-28(2)14-18-30/h3-10,19H,11-18H2,1-2H3/b10-7+. The van der Waals surface area contributed by atoms with Crippen molar-refractivity contribution in [2.24, 2.45) is 0 Å². The molecule has 6 heteroatoms. The summed E-state index contributed by atoms with van der Waals surface area (Å²) in [6.07, 6.45) is 3.71. The highest BCUT2D eigenvalue weighted by Gasteiger charge is 2.20. The zero-order valence-corrected chi connectivity index (χ0v) is 20.0. The molecule has 0 N–H and O–H groups in total. The fourth-order valence-corrected chi connectivity index (χ4v) is 4.63. The smallest absolute Gasteiger partial charge is 0.187 e. The van der Waals surface area contributed by atoms with E-state index >= 15 is 0 Å². The number of anilines is 2. The van der Waals surface area contributed by atoms with Crippen LogP contribution in [-0.2, 0) is 0 Å². The SMILES string of the molecule is CN1CCN(c2ccc(Br)cc2/C=C/C(=O)c2ccccc2N2CCN(C)CC2)CC1. The summed E-state index contributed by atoms with van der Waals surface area (Å²) in [5, 5.41) is 0. The Kier molecular flexibility index (Phi) is 7.10. The van der Waals surface area contributed by atoms with E-state index in [0.29, 0.717) is 0 Å². The van der Waals surface area contributed by atoms with E-state index in [0.717, 1.165) is 73.6 Å². The molecular weight excluding hydrogens is 452 g/mol. The Hall–Kier alpha value is -2.15. The number of nitrogens with zero attached hydrogens (tertiary/aromatic N) is 4. The van der Waals surface area contributed by atoms with Gasteiger partial charge in [-0.05, 0) is 62.1 Å². The summed E-state index contributed by atoms with van der Waals surface area (Å²) >= 11 is 3.59. The van der Waals surface area contributed by atoms with Crippen molar-refractivity contribution in [3.8, 4) is 0 Å². The van der Waals surface area contributed by atoms with Gasteiger partial charge in [0.15, 0.2) is 5.78 Å². The molecular formula is C25H31BrN4O. The third-order valence-corrected chi connectivity index (χ3v) is 6.75. The van der Waals surface area contributed by atoms with Gasteiger partial charge in [0.1, 0.15) is 0 Å². The molecule has 0 saturated carbocycles. The van der Waals surface area contributed by atoms with Gasteiger partial charge in [-0.3, -0.25) is 4.79 Å². The largest absolute Gasteiger partial charge is 0.368 e. The molecule has 2 aromatic carbocycles. The number of likely N-dealkylation sites (N-methyl/N-ethyl adjacent to an activating group) is 2. The Bertz CT molecular complexity index is 944. The molecule has 2 fully saturated rings. The normalized spacial score (nSPS) is 18.7. The first-order valence-electron chi connectivity index (χ1n) is 11.0. The van der Waals surface area contributed by atoms with E-state index < -0.39 is 0 Å². The van der Waals surface area contributed by atoms with Crippen LogP contribution in [0.1, 0.15) is 15.9 Å². The fourth-order valence-electron chi connectivity index (χ4n) is 4.25. The first-order chi connectivity index (χ1) is 15.0. The van der Waals surface area contributed by atoms with Gasteiger partial charge in [0.05, 0.1) is 0 Å². The second-order valence-electron chi connectivity index (χ2n) is 8.50. The van der Waals surface area contributed by atoms with Gasteiger partial charge in [-0.25, -0.2) is 0 Å². The number of halogens is 1. The van der Waals surface area contributed by atoms with Crippen molar-refractivity contribution in [1.29, 1.82) is 0 Å². The number of allylic oxidation sites excluding steroid dienone is 1. The number of benzene rings is 2. The third-order valence-electron chi connectivity index (χ3n) is 6.26. The highest BCUT2D eigenvalue weighted by Crippen LogP contribution is 2.28. The first kappa shape index (κ1) is 22.1. The van der Waals surface area contributed by atoms with E-state index in [1.165, 1.54) is 5.69 Å². The summed E-state index contributed by atoms with van der Waals surface area (Å²) in [6.45, 7) is 8.04. The Labute approximate surface area is 194 Å². The van der Waals surface area contributed by atoms with Crippen LogP contribution in [0.25, 0.3) is 6.08 Å². The van der Waals surface area contributed by atoms with Gasteiger partial charge in [0.2, 0.25) is 0 Å². The summed E-state index contributed by atoms with van der Waals surface area (Å²) in [5.41, 5.74) is 4.08. The van der Waals surface area contributed by atoms with Crippen LogP contribution in [0.2, 0.25) is 0 Å². The number of para-hydroxylation sites is 1. The number of hydrogen-bond donors (Lipinski definition) is 0. The number of piperazine rings is 2. The molecule has 0 amide bonds. The van der Waals surface area contributed by atoms with Gasteiger partial charge in [0, 0.05) is 73.8 Å². The molecule has 2 saturated heterocycles. The third kappa shape index (κ3) is 5.37. The van der Waals surface area contributed by atoms with E-state index in [9.17, 15) is 4.79 Å². The van der Waals surface area contributed by atoms with Crippen LogP contribution < -0.4 is 9.80 Å². The van der Waals surface area contributed by atoms with Crippen molar-refractivity contribution >= 4 is 39.2 Å². The molecule has 2 heterocycles. The van der Waals surface area contributed by atoms with Crippen molar-refractivity contribution in [2.45, 2.75) is 0 Å². The zero-order chi connectivity index (χ0) is 21.8. The van der Waals surface area contributed by atoms with Gasteiger partial charge in [-0.2, -0.15) is 0 Å². The molecule has 0 unspecified atom stereocenters. The summed E-state index contributed by atoms with van der Waals surface area (Å²) in [5.74, 6) is 0.0545. The van der Waals surface area contributed by atoms with E-state index in [1.54, 1.807) is 6.08 Å². The monoisotopic (exact) mass is 482 g/mol. The molecule has 0 bridgehead atoms. The van der Waals surface area contributed by atoms with Gasteiger partial charge >= 0.3 is 0 Å². The van der Waals surface area contributed by atoms with Crippen LogP contribution in [0.5, 0.6) is 0 Å². The van der Waals surface area contributed by atoms with E-state index in [1.807, 2.05) is 24.3 Å². The number of ketones is 1. The van der Waals surface area contributed by atoms with Gasteiger partial charge < -0.3 is 19.6 Å². The average Bonchev–Trinajstić information content (AvgIpc) is 2.79. The molecule has 2 aliphatic heterocycles. The number of carbonyl (C=O) groups excluding carboxylic acids is 1. The van der Waals surface area contributed by atoms with Crippen LogP contribution in [0.3, 0.4) is 0 Å². The van der Waals surface area contributed by atoms with Crippen LogP contribution in [-0.4, -0.2) is 82.0 Å². The molecule has 31 heavy (non-hydrogen) atoms. The van der Waals surface area contributed by atoms with Crippen molar-refractivity contribution in [3.63, 3.8) is 0 Å². The van der Waals surface area contributed by atoms with Gasteiger partial charge in [-0.15, -0.1) is 0 Å². The fraction of sp³-hybridized carbons (Fsp3) is 0.400. The lowest BCUT2D eigenvalue weighted by molar-refractivity contribution is 0.104. The summed E-state index contributed by atoms with van der Waals surface area (Å²) in [6, 6.07) is 14.3. The lowest BCUT2D eigenvalue weighted by Gasteiger charge is -2.35. The maximum atomic E-state index is 13.2. The molecule has 5 nitrogen and oxygen atoms in total. The molecule has 4 rings (SSSR count). The summed E-state index contributed by atoms with van der Waals surface area (Å²) < 4.78 is 1.02. The van der Waals surface area contributed by atoms with Crippen LogP contribution in [0, 0.1) is 0 Å². The van der Waals surface area contributed by atoms with Crippen molar-refractivity contribution < 1.29 is 4.79 Å². The molecule has 0 spiro atoms. The minimum atomic E-state index is 0.0545. The second-order valence-corrected chi connectivity index (χ2v) is 9.41. The highest BCUT2D eigenvalue weighted by atomic mass is 79.9. The second kappa shape index (κ2) is 9.98. The number of hydrogen-bond acceptors (Lipinski definition) is 5. The zero-order valence-electron chi connectivity index (χ0n) is 18.4. The maximum Gasteiger partial charge on any atom is 0.187 e. The minimum Gasteiger partial charge on any atom is -0.368 e. The average molecular weight is 483 g/mol. The van der Waals surface area contributed by atoms with Crippen molar-refractivity contribution in [3.05, 3.63) is 64.1 Å². The lowest BCUT2D eigenvalue weighted by atomic mass is 10.0. The maximum absolute atomic E-state index is 13.2. The molecule has 2 aliphatic rings. The number of carbonyl (C=O) groups is 1. The van der Waals surface area contributed by atoms with E-state index in [2.05, 4.69) is 73.9 Å².